The van der Waals surface area contributed by atoms with E-state index in [1.165, 1.54) is 6.08 Å². The Labute approximate surface area is 123 Å². The van der Waals surface area contributed by atoms with E-state index in [-0.39, 0.29) is 21.7 Å². The van der Waals surface area contributed by atoms with E-state index in [0.717, 1.165) is 11.5 Å². The summed E-state index contributed by atoms with van der Waals surface area (Å²) in [5.41, 5.74) is -0.945. The summed E-state index contributed by atoms with van der Waals surface area (Å²) in [6, 6.07) is 0. The highest BCUT2D eigenvalue weighted by Gasteiger charge is 2.53. The van der Waals surface area contributed by atoms with Crippen LogP contribution >= 0.6 is 34.7 Å². The molecule has 0 bridgehead atoms. The van der Waals surface area contributed by atoms with E-state index >= 15 is 0 Å². The van der Waals surface area contributed by atoms with E-state index in [2.05, 4.69) is 16.3 Å². The van der Waals surface area contributed by atoms with Crippen LogP contribution in [0, 0.1) is 0 Å². The van der Waals surface area contributed by atoms with Gasteiger partial charge in [-0.1, -0.05) is 35.9 Å². The van der Waals surface area contributed by atoms with Gasteiger partial charge in [-0.25, -0.2) is 4.79 Å². The molecule has 1 aromatic rings. The molecule has 8 heteroatoms. The average molecular weight is 321 g/mol. The lowest BCUT2D eigenvalue weighted by molar-refractivity contribution is -0.145. The van der Waals surface area contributed by atoms with Crippen LogP contribution in [0.3, 0.4) is 0 Å². The SMILES string of the molecule is C=CCOC(=O)C1(NC(=O)c2snc(Cl)c2Cl)CC1. The van der Waals surface area contributed by atoms with Crippen molar-refractivity contribution in [2.75, 3.05) is 6.61 Å². The molecular weight excluding hydrogens is 311 g/mol. The average Bonchev–Trinajstić information content (AvgIpc) is 3.09. The van der Waals surface area contributed by atoms with Gasteiger partial charge in [0, 0.05) is 0 Å². The minimum absolute atomic E-state index is 0.0795. The van der Waals surface area contributed by atoms with Crippen LogP contribution in [0.5, 0.6) is 0 Å². The third kappa shape index (κ3) is 2.91. The molecule has 0 atom stereocenters. The largest absolute Gasteiger partial charge is 0.460 e. The normalized spacial score (nSPS) is 15.7. The van der Waals surface area contributed by atoms with E-state index in [4.69, 9.17) is 27.9 Å². The quantitative estimate of drug-likeness (QED) is 0.668. The molecule has 1 N–H and O–H groups in total. The van der Waals surface area contributed by atoms with E-state index in [9.17, 15) is 9.59 Å². The second-order valence-electron chi connectivity index (χ2n) is 4.04. The monoisotopic (exact) mass is 320 g/mol. The van der Waals surface area contributed by atoms with Crippen LogP contribution in [0.4, 0.5) is 0 Å². The first kappa shape index (κ1) is 14.3. The number of halogens is 2. The summed E-state index contributed by atoms with van der Waals surface area (Å²) in [6.45, 7) is 3.57. The number of carbonyl (C=O) groups is 2. The number of esters is 1. The summed E-state index contributed by atoms with van der Waals surface area (Å²) in [7, 11) is 0. The van der Waals surface area contributed by atoms with Crippen LogP contribution in [0.25, 0.3) is 0 Å². The predicted octanol–water partition coefficient (Wildman–Crippen LogP) is 2.44. The number of ether oxygens (including phenoxy) is 1. The van der Waals surface area contributed by atoms with E-state index in [1.54, 1.807) is 0 Å². The first-order valence-electron chi connectivity index (χ1n) is 5.41. The third-order valence-corrected chi connectivity index (χ3v) is 4.43. The van der Waals surface area contributed by atoms with Crippen molar-refractivity contribution in [2.24, 2.45) is 0 Å². The first-order valence-corrected chi connectivity index (χ1v) is 6.94. The van der Waals surface area contributed by atoms with Crippen LogP contribution in [-0.2, 0) is 9.53 Å². The van der Waals surface area contributed by atoms with Crippen molar-refractivity contribution in [3.05, 3.63) is 27.7 Å². The van der Waals surface area contributed by atoms with Gasteiger partial charge in [0.15, 0.2) is 5.15 Å². The molecule has 0 saturated heterocycles. The lowest BCUT2D eigenvalue weighted by Crippen LogP contribution is -2.44. The van der Waals surface area contributed by atoms with E-state index in [0.29, 0.717) is 12.8 Å². The molecule has 5 nitrogen and oxygen atoms in total. The predicted molar refractivity (Wildman–Crippen MR) is 72.7 cm³/mol. The summed E-state index contributed by atoms with van der Waals surface area (Å²) in [5, 5.41) is 2.80. The first-order chi connectivity index (χ1) is 9.00. The highest BCUT2D eigenvalue weighted by Crippen LogP contribution is 2.38. The molecule has 1 aromatic heterocycles. The van der Waals surface area contributed by atoms with Crippen LogP contribution < -0.4 is 5.32 Å². The number of nitrogens with zero attached hydrogens (tertiary/aromatic N) is 1. The Hall–Kier alpha value is -1.11. The van der Waals surface area contributed by atoms with Crippen molar-refractivity contribution < 1.29 is 14.3 Å². The van der Waals surface area contributed by atoms with Crippen molar-refractivity contribution in [3.8, 4) is 0 Å². The van der Waals surface area contributed by atoms with Gasteiger partial charge < -0.3 is 10.1 Å². The molecule has 102 valence electrons. The van der Waals surface area contributed by atoms with Crippen LogP contribution in [0.1, 0.15) is 22.5 Å². The van der Waals surface area contributed by atoms with Gasteiger partial charge in [0.05, 0.1) is 0 Å². The molecule has 1 aliphatic rings. The topological polar surface area (TPSA) is 68.3 Å². The Kier molecular flexibility index (Phi) is 4.13. The van der Waals surface area contributed by atoms with Gasteiger partial charge in [-0.2, -0.15) is 4.37 Å². The number of rotatable bonds is 5. The lowest BCUT2D eigenvalue weighted by Gasteiger charge is -2.15. The molecule has 2 rings (SSSR count). The van der Waals surface area contributed by atoms with Gasteiger partial charge in [0.2, 0.25) is 0 Å². The molecule has 1 heterocycles. The Morgan fingerprint density at radius 1 is 1.53 bits per heavy atom. The summed E-state index contributed by atoms with van der Waals surface area (Å²) in [5.74, 6) is -0.935. The minimum atomic E-state index is -0.945. The highest BCUT2D eigenvalue weighted by molar-refractivity contribution is 7.09. The van der Waals surface area contributed by atoms with Crippen molar-refractivity contribution in [1.82, 2.24) is 9.69 Å². The number of nitrogens with one attached hydrogen (secondary N) is 1. The van der Waals surface area contributed by atoms with Crippen LogP contribution in [-0.4, -0.2) is 28.4 Å². The summed E-state index contributed by atoms with van der Waals surface area (Å²) >= 11 is 12.4. The van der Waals surface area contributed by atoms with Gasteiger partial charge in [0.25, 0.3) is 5.91 Å². The van der Waals surface area contributed by atoms with Gasteiger partial charge in [-0.05, 0) is 24.4 Å². The van der Waals surface area contributed by atoms with Crippen LogP contribution in [0.2, 0.25) is 10.2 Å². The van der Waals surface area contributed by atoms with Gasteiger partial charge in [-0.15, -0.1) is 0 Å². The molecule has 0 aliphatic heterocycles. The zero-order valence-electron chi connectivity index (χ0n) is 9.74. The molecule has 19 heavy (non-hydrogen) atoms. The molecular formula is C11H10Cl2N2O3S. The molecule has 0 spiro atoms. The smallest absolute Gasteiger partial charge is 0.332 e. The molecule has 1 aliphatic carbocycles. The number of hydrogen-bond acceptors (Lipinski definition) is 5. The Bertz CT molecular complexity index is 540. The van der Waals surface area contributed by atoms with Gasteiger partial charge in [0.1, 0.15) is 22.0 Å². The molecule has 0 aromatic carbocycles. The standard InChI is InChI=1S/C11H10Cl2N2O3S/c1-2-5-18-10(17)11(3-4-11)14-9(16)7-6(12)8(13)15-19-7/h2H,1,3-5H2,(H,14,16). The van der Waals surface area contributed by atoms with Gasteiger partial charge >= 0.3 is 5.97 Å². The number of amides is 1. The maximum Gasteiger partial charge on any atom is 0.332 e. The summed E-state index contributed by atoms with van der Waals surface area (Å²) in [4.78, 5) is 24.0. The van der Waals surface area contributed by atoms with Crippen molar-refractivity contribution in [2.45, 2.75) is 18.4 Å². The Morgan fingerprint density at radius 2 is 2.21 bits per heavy atom. The second-order valence-corrected chi connectivity index (χ2v) is 5.55. The molecule has 0 radical (unpaired) electrons. The van der Waals surface area contributed by atoms with Gasteiger partial charge in [-0.3, -0.25) is 4.79 Å². The summed E-state index contributed by atoms with van der Waals surface area (Å²) < 4.78 is 8.71. The Balaban J connectivity index is 2.05. The Morgan fingerprint density at radius 3 is 2.68 bits per heavy atom. The molecule has 1 amide bonds. The highest BCUT2D eigenvalue weighted by atomic mass is 35.5. The maximum absolute atomic E-state index is 12.0. The summed E-state index contributed by atoms with van der Waals surface area (Å²) in [6.07, 6.45) is 2.55. The zero-order chi connectivity index (χ0) is 14.0. The van der Waals surface area contributed by atoms with E-state index < -0.39 is 17.4 Å². The maximum atomic E-state index is 12.0. The van der Waals surface area contributed by atoms with Crippen LogP contribution in [0.15, 0.2) is 12.7 Å². The lowest BCUT2D eigenvalue weighted by atomic mass is 10.2. The van der Waals surface area contributed by atoms with Crippen molar-refractivity contribution in [1.29, 1.82) is 0 Å². The van der Waals surface area contributed by atoms with Crippen molar-refractivity contribution >= 4 is 46.6 Å². The fraction of sp³-hybridized carbons (Fsp3) is 0.364. The number of aromatic nitrogens is 1. The van der Waals surface area contributed by atoms with Crippen molar-refractivity contribution in [3.63, 3.8) is 0 Å². The number of hydrogen-bond donors (Lipinski definition) is 1. The third-order valence-electron chi connectivity index (χ3n) is 2.63. The fourth-order valence-corrected chi connectivity index (χ4v) is 2.56. The molecule has 1 saturated carbocycles. The fourth-order valence-electron chi connectivity index (χ4n) is 1.45. The molecule has 1 fully saturated rings. The number of carbonyl (C=O) groups excluding carboxylic acids is 2. The minimum Gasteiger partial charge on any atom is -0.460 e. The van der Waals surface area contributed by atoms with E-state index in [1.807, 2.05) is 0 Å². The second kappa shape index (κ2) is 5.48. The molecule has 0 unspecified atom stereocenters. The zero-order valence-corrected chi connectivity index (χ0v) is 12.1.